The Morgan fingerprint density at radius 1 is 0.522 bits per heavy atom. The highest BCUT2D eigenvalue weighted by molar-refractivity contribution is 6.15. The van der Waals surface area contributed by atoms with Gasteiger partial charge in [-0.05, 0) is 104 Å². The van der Waals surface area contributed by atoms with Crippen LogP contribution in [0.3, 0.4) is 0 Å². The summed E-state index contributed by atoms with van der Waals surface area (Å²) < 4.78 is 21.9. The number of carbonyl (C=O) groups excluding carboxylic acids is 5. The number of hydrogen-bond acceptors (Lipinski definition) is 16. The lowest BCUT2D eigenvalue weighted by molar-refractivity contribution is 0.0725. The molecular weight excluding hydrogens is 916 g/mol. The number of hydrogen-bond donors (Lipinski definition) is 4. The molecule has 69 heavy (non-hydrogen) atoms. The molecule has 1 aliphatic heterocycles. The molecule has 0 saturated carbocycles. The molecule has 7 aromatic rings. The van der Waals surface area contributed by atoms with Crippen LogP contribution in [0.25, 0.3) is 32.9 Å². The number of ether oxygens (including phenoxy) is 1. The maximum Gasteiger partial charge on any atom is 0.196 e. The Labute approximate surface area is 399 Å². The van der Waals surface area contributed by atoms with E-state index in [2.05, 4.69) is 11.6 Å². The third kappa shape index (κ3) is 10.2. The number of rotatable bonds is 4. The number of phenolic OH excluding ortho intramolecular Hbond substituents is 4. The van der Waals surface area contributed by atoms with Crippen LogP contribution in [0.2, 0.25) is 0 Å². The van der Waals surface area contributed by atoms with Crippen molar-refractivity contribution in [1.29, 1.82) is 0 Å². The van der Waals surface area contributed by atoms with E-state index in [1.165, 1.54) is 31.5 Å². The first kappa shape index (κ1) is 53.8. The van der Waals surface area contributed by atoms with Crippen molar-refractivity contribution in [2.75, 3.05) is 6.38 Å². The largest absolute Gasteiger partial charge is 0.508 e. The fraction of sp³-hybridized carbons (Fsp3) is 0.269. The molecule has 4 heterocycles. The first-order valence-electron chi connectivity index (χ1n) is 21.0. The zero-order chi connectivity index (χ0) is 52.1. The second kappa shape index (κ2) is 21.8. The van der Waals surface area contributed by atoms with E-state index < -0.39 is 11.5 Å². The Hall–Kier alpha value is -7.85. The van der Waals surface area contributed by atoms with Crippen molar-refractivity contribution in [1.82, 2.24) is 0 Å². The van der Waals surface area contributed by atoms with Crippen molar-refractivity contribution < 1.29 is 62.4 Å². The van der Waals surface area contributed by atoms with Gasteiger partial charge in [-0.2, -0.15) is 0 Å². The van der Waals surface area contributed by atoms with Crippen LogP contribution in [-0.4, -0.2) is 63.8 Å². The smallest absolute Gasteiger partial charge is 0.196 e. The summed E-state index contributed by atoms with van der Waals surface area (Å²) in [5, 5.41) is 39.6. The average Bonchev–Trinajstić information content (AvgIpc) is 3.30. The van der Waals surface area contributed by atoms with E-state index in [1.54, 1.807) is 81.4 Å². The van der Waals surface area contributed by atoms with E-state index in [9.17, 15) is 58.8 Å². The molecule has 0 bridgehead atoms. The van der Waals surface area contributed by atoms with Crippen molar-refractivity contribution in [2.45, 2.75) is 82.3 Å². The minimum atomic E-state index is -0.457. The van der Waals surface area contributed by atoms with Gasteiger partial charge in [0.15, 0.2) is 52.8 Å². The number of aldehydes is 4. The Bertz CT molecular complexity index is 3410. The zero-order valence-corrected chi connectivity index (χ0v) is 40.7. The average molecular weight is 967 g/mol. The van der Waals surface area contributed by atoms with Crippen LogP contribution < -0.4 is 21.0 Å². The number of benzene rings is 4. The molecule has 4 N–H and O–H groups in total. The van der Waals surface area contributed by atoms with Gasteiger partial charge in [-0.3, -0.25) is 38.4 Å². The van der Waals surface area contributed by atoms with Crippen molar-refractivity contribution >= 4 is 75.4 Å². The third-order valence-corrected chi connectivity index (χ3v) is 12.0. The SMILES string of the molecule is CCl.Cc1c(C=O)c(O)c(C=O)c2c1C(=O)C(C)C(C)O2.Cc1oc2c(C=O)c(O)c(C=O)c(C)c2c(=O)c1C.Cc1oc2cc(O)cc(C)c2c(=O)c1C.Cc1oc2cc(O)ccc2c(=O)c1C. The Morgan fingerprint density at radius 3 is 1.54 bits per heavy atom. The number of alkyl halides is 1. The van der Waals surface area contributed by atoms with Gasteiger partial charge >= 0.3 is 0 Å². The van der Waals surface area contributed by atoms with E-state index >= 15 is 0 Å². The highest BCUT2D eigenvalue weighted by Crippen LogP contribution is 2.42. The summed E-state index contributed by atoms with van der Waals surface area (Å²) in [7, 11) is 0. The number of phenols is 4. The van der Waals surface area contributed by atoms with Gasteiger partial charge in [0.05, 0.1) is 44.3 Å². The molecule has 2 unspecified atom stereocenters. The predicted molar refractivity (Wildman–Crippen MR) is 260 cm³/mol. The molecule has 0 amide bonds. The maximum atomic E-state index is 12.3. The quantitative estimate of drug-likeness (QED) is 0.0945. The van der Waals surface area contributed by atoms with Crippen LogP contribution in [0.15, 0.2) is 58.0 Å². The molecule has 0 fully saturated rings. The highest BCUT2D eigenvalue weighted by Gasteiger charge is 2.37. The molecule has 3 aromatic heterocycles. The summed E-state index contributed by atoms with van der Waals surface area (Å²) in [6.45, 7) is 18.5. The molecule has 1 aliphatic rings. The lowest BCUT2D eigenvalue weighted by Gasteiger charge is -2.30. The molecule has 0 spiro atoms. The van der Waals surface area contributed by atoms with Crippen LogP contribution in [0.4, 0.5) is 0 Å². The molecule has 0 saturated heterocycles. The third-order valence-electron chi connectivity index (χ3n) is 12.0. The van der Waals surface area contributed by atoms with Gasteiger partial charge in [0.2, 0.25) is 0 Å². The van der Waals surface area contributed by atoms with Crippen molar-refractivity contribution in [3.63, 3.8) is 0 Å². The summed E-state index contributed by atoms with van der Waals surface area (Å²) >= 11 is 4.64. The molecule has 0 radical (unpaired) electrons. The Balaban J connectivity index is 0.000000199. The number of aromatic hydroxyl groups is 4. The van der Waals surface area contributed by atoms with Gasteiger partial charge in [-0.25, -0.2) is 0 Å². The molecule has 17 heteroatoms. The van der Waals surface area contributed by atoms with Crippen molar-refractivity contribution in [3.05, 3.63) is 139 Å². The molecule has 8 rings (SSSR count). The van der Waals surface area contributed by atoms with Gasteiger partial charge < -0.3 is 38.4 Å². The standard InChI is InChI=1S/C14H14O5.C14H12O5.C12H12O3.C11H10O3.CH3Cl/c2*1-6-8(3)19-14-10(5-16)13(18)9(4-15)7(2)11(14)12(6)17;1-6-4-9(13)5-10-11(6)12(14)7(2)8(3)15-10;1-6-7(2)14-10-5-8(12)3-4-9(10)11(6)13;1-2/h4-6,8,18H,1-3H3;4-5,18H,1-3H3;4-5,13H,1-3H3;3-5,12H,1-2H3;1H3. The monoisotopic (exact) mass is 966 g/mol. The fourth-order valence-electron chi connectivity index (χ4n) is 7.43. The van der Waals surface area contributed by atoms with Crippen LogP contribution in [-0.2, 0) is 0 Å². The summed E-state index contributed by atoms with van der Waals surface area (Å²) in [6.07, 6.45) is 2.72. The summed E-state index contributed by atoms with van der Waals surface area (Å²) in [4.78, 5) is 92.4. The molecule has 4 aromatic carbocycles. The van der Waals surface area contributed by atoms with Crippen LogP contribution in [0, 0.1) is 68.2 Å². The van der Waals surface area contributed by atoms with E-state index in [1.807, 2.05) is 0 Å². The highest BCUT2D eigenvalue weighted by atomic mass is 35.5. The second-order valence-electron chi connectivity index (χ2n) is 16.1. The van der Waals surface area contributed by atoms with E-state index in [-0.39, 0.29) is 90.1 Å². The van der Waals surface area contributed by atoms with Gasteiger partial charge in [0, 0.05) is 35.2 Å². The van der Waals surface area contributed by atoms with Crippen LogP contribution in [0.5, 0.6) is 28.7 Å². The normalized spacial score (nSPS) is 13.5. The number of ketones is 1. The molecule has 362 valence electrons. The van der Waals surface area contributed by atoms with Gasteiger partial charge in [0.25, 0.3) is 0 Å². The fourth-order valence-corrected chi connectivity index (χ4v) is 7.43. The molecule has 2 atom stereocenters. The van der Waals surface area contributed by atoms with E-state index in [0.29, 0.717) is 92.2 Å². The number of Topliss-reactive ketones (excluding diaryl/α,β-unsaturated/α-hetero) is 1. The van der Waals surface area contributed by atoms with E-state index in [4.69, 9.17) is 18.0 Å². The van der Waals surface area contributed by atoms with Crippen molar-refractivity contribution in [2.24, 2.45) is 5.92 Å². The second-order valence-corrected chi connectivity index (χ2v) is 16.1. The summed E-state index contributed by atoms with van der Waals surface area (Å²) in [6, 6.07) is 7.53. The number of aryl methyl sites for hydroxylation is 5. The summed E-state index contributed by atoms with van der Waals surface area (Å²) in [5.74, 6) is 0.412. The summed E-state index contributed by atoms with van der Waals surface area (Å²) in [5.41, 5.74) is 3.35. The Kier molecular flexibility index (Phi) is 17.0. The van der Waals surface area contributed by atoms with Crippen molar-refractivity contribution in [3.8, 4) is 28.7 Å². The van der Waals surface area contributed by atoms with Gasteiger partial charge in [-0.15, -0.1) is 11.6 Å². The maximum absolute atomic E-state index is 12.3. The topological polar surface area (TPSA) is 266 Å². The zero-order valence-electron chi connectivity index (χ0n) is 39.9. The predicted octanol–water partition coefficient (Wildman–Crippen LogP) is 9.37. The first-order valence-corrected chi connectivity index (χ1v) is 21.8. The Morgan fingerprint density at radius 2 is 0.986 bits per heavy atom. The molecular formula is C52H51ClO16. The first-order chi connectivity index (χ1) is 32.5. The number of halogens is 1. The van der Waals surface area contributed by atoms with Crippen LogP contribution >= 0.6 is 11.6 Å². The number of fused-ring (bicyclic) bond motifs is 4. The number of carbonyl (C=O) groups is 5. The minimum absolute atomic E-state index is 0.0173. The molecule has 16 nitrogen and oxygen atoms in total. The van der Waals surface area contributed by atoms with Crippen LogP contribution in [0.1, 0.15) is 116 Å². The lowest BCUT2D eigenvalue weighted by Crippen LogP contribution is -2.35. The molecule has 0 aliphatic carbocycles. The lowest BCUT2D eigenvalue weighted by atomic mass is 9.85. The van der Waals surface area contributed by atoms with E-state index in [0.717, 1.165) is 5.56 Å². The minimum Gasteiger partial charge on any atom is -0.508 e. The van der Waals surface area contributed by atoms with Gasteiger partial charge in [-0.1, -0.05) is 6.92 Å². The van der Waals surface area contributed by atoms with Gasteiger partial charge in [0.1, 0.15) is 68.9 Å².